The molecule has 0 bridgehead atoms. The van der Waals surface area contributed by atoms with Crippen molar-refractivity contribution in [2.45, 2.75) is 64.2 Å². The van der Waals surface area contributed by atoms with Gasteiger partial charge in [0.05, 0.1) is 7.11 Å². The Kier molecular flexibility index (Phi) is 6.07. The predicted molar refractivity (Wildman–Crippen MR) is 91.5 cm³/mol. The van der Waals surface area contributed by atoms with E-state index in [4.69, 9.17) is 19.5 Å². The van der Waals surface area contributed by atoms with Gasteiger partial charge in [0, 0.05) is 12.1 Å². The molecule has 1 amide bonds. The van der Waals surface area contributed by atoms with Crippen LogP contribution in [0.2, 0.25) is 0 Å². The number of rotatable bonds is 4. The SMILES string of the molecule is COc1nc(OC2CCC(NC(=O)OC(C)(C)C)CC2)ccc1C#N. The maximum atomic E-state index is 11.8. The van der Waals surface area contributed by atoms with Crippen LogP contribution in [-0.4, -0.2) is 35.9 Å². The summed E-state index contributed by atoms with van der Waals surface area (Å²) in [6.45, 7) is 5.53. The lowest BCUT2D eigenvalue weighted by Crippen LogP contribution is -2.42. The van der Waals surface area contributed by atoms with Crippen molar-refractivity contribution >= 4 is 6.09 Å². The molecule has 0 spiro atoms. The molecule has 1 fully saturated rings. The number of amides is 1. The second kappa shape index (κ2) is 8.06. The summed E-state index contributed by atoms with van der Waals surface area (Å²) in [5.74, 6) is 0.708. The quantitative estimate of drug-likeness (QED) is 0.899. The molecule has 0 aromatic carbocycles. The number of nitrogens with zero attached hydrogens (tertiary/aromatic N) is 2. The van der Waals surface area contributed by atoms with Gasteiger partial charge in [0.25, 0.3) is 0 Å². The first-order valence-electron chi connectivity index (χ1n) is 8.42. The van der Waals surface area contributed by atoms with Gasteiger partial charge in [0.2, 0.25) is 11.8 Å². The molecular formula is C18H25N3O4. The lowest BCUT2D eigenvalue weighted by molar-refractivity contribution is 0.0469. The van der Waals surface area contributed by atoms with Crippen LogP contribution in [0, 0.1) is 11.3 Å². The summed E-state index contributed by atoms with van der Waals surface area (Å²) in [5, 5.41) is 11.9. The lowest BCUT2D eigenvalue weighted by Gasteiger charge is -2.30. The van der Waals surface area contributed by atoms with Crippen LogP contribution in [0.3, 0.4) is 0 Å². The Morgan fingerprint density at radius 2 is 1.96 bits per heavy atom. The minimum atomic E-state index is -0.495. The molecule has 136 valence electrons. The molecule has 0 atom stereocenters. The number of carbonyl (C=O) groups is 1. The van der Waals surface area contributed by atoms with Crippen LogP contribution in [-0.2, 0) is 4.74 Å². The second-order valence-electron chi connectivity index (χ2n) is 7.06. The van der Waals surface area contributed by atoms with E-state index in [1.807, 2.05) is 26.8 Å². The van der Waals surface area contributed by atoms with Gasteiger partial charge in [-0.05, 0) is 52.5 Å². The number of nitrogens with one attached hydrogen (secondary N) is 1. The molecule has 1 aromatic rings. The van der Waals surface area contributed by atoms with Crippen molar-refractivity contribution in [3.05, 3.63) is 17.7 Å². The molecule has 0 radical (unpaired) electrons. The maximum Gasteiger partial charge on any atom is 0.407 e. The Morgan fingerprint density at radius 1 is 1.28 bits per heavy atom. The number of carbonyl (C=O) groups excluding carboxylic acids is 1. The van der Waals surface area contributed by atoms with E-state index in [1.54, 1.807) is 12.1 Å². The van der Waals surface area contributed by atoms with E-state index in [2.05, 4.69) is 10.3 Å². The van der Waals surface area contributed by atoms with E-state index in [-0.39, 0.29) is 24.1 Å². The van der Waals surface area contributed by atoms with Gasteiger partial charge >= 0.3 is 6.09 Å². The molecule has 1 N–H and O–H groups in total. The van der Waals surface area contributed by atoms with Crippen LogP contribution in [0.15, 0.2) is 12.1 Å². The van der Waals surface area contributed by atoms with Crippen LogP contribution in [0.25, 0.3) is 0 Å². The van der Waals surface area contributed by atoms with Gasteiger partial charge in [-0.1, -0.05) is 0 Å². The third-order valence-corrected chi connectivity index (χ3v) is 3.83. The van der Waals surface area contributed by atoms with Crippen LogP contribution < -0.4 is 14.8 Å². The summed E-state index contributed by atoms with van der Waals surface area (Å²) in [6.07, 6.45) is 2.90. The van der Waals surface area contributed by atoms with Gasteiger partial charge in [-0.3, -0.25) is 0 Å². The van der Waals surface area contributed by atoms with E-state index in [0.29, 0.717) is 11.4 Å². The van der Waals surface area contributed by atoms with Crippen molar-refractivity contribution < 1.29 is 19.0 Å². The zero-order valence-electron chi connectivity index (χ0n) is 15.2. The third kappa shape index (κ3) is 5.82. The van der Waals surface area contributed by atoms with Crippen molar-refractivity contribution in [1.82, 2.24) is 10.3 Å². The first-order chi connectivity index (χ1) is 11.8. The lowest BCUT2D eigenvalue weighted by atomic mass is 9.93. The molecule has 0 aliphatic heterocycles. The average molecular weight is 347 g/mol. The summed E-state index contributed by atoms with van der Waals surface area (Å²) in [5.41, 5.74) is -0.120. The third-order valence-electron chi connectivity index (χ3n) is 3.83. The molecule has 1 aliphatic rings. The number of alkyl carbamates (subject to hydrolysis) is 1. The number of nitriles is 1. The second-order valence-corrected chi connectivity index (χ2v) is 7.06. The molecule has 0 saturated heterocycles. The number of aromatic nitrogens is 1. The molecule has 1 aromatic heterocycles. The summed E-state index contributed by atoms with van der Waals surface area (Å²) >= 11 is 0. The fourth-order valence-corrected chi connectivity index (χ4v) is 2.70. The Bertz CT molecular complexity index is 641. The van der Waals surface area contributed by atoms with Gasteiger partial charge in [-0.25, -0.2) is 4.79 Å². The van der Waals surface area contributed by atoms with Crippen LogP contribution in [0.5, 0.6) is 11.8 Å². The standard InChI is InChI=1S/C18H25N3O4/c1-18(2,3)25-17(22)20-13-6-8-14(9-7-13)24-15-10-5-12(11-19)16(21-15)23-4/h5,10,13-14H,6-9H2,1-4H3,(H,20,22). The van der Waals surface area contributed by atoms with E-state index in [9.17, 15) is 4.79 Å². The average Bonchev–Trinajstić information content (AvgIpc) is 2.54. The highest BCUT2D eigenvalue weighted by molar-refractivity contribution is 5.68. The summed E-state index contributed by atoms with van der Waals surface area (Å²) in [7, 11) is 1.47. The van der Waals surface area contributed by atoms with Gasteiger partial charge in [-0.15, -0.1) is 0 Å². The van der Waals surface area contributed by atoms with E-state index in [1.165, 1.54) is 7.11 Å². The minimum Gasteiger partial charge on any atom is -0.480 e. The number of ether oxygens (including phenoxy) is 3. The Balaban J connectivity index is 1.83. The smallest absolute Gasteiger partial charge is 0.407 e. The highest BCUT2D eigenvalue weighted by Gasteiger charge is 2.26. The normalized spacial score (nSPS) is 20.3. The number of hydrogen-bond donors (Lipinski definition) is 1. The number of hydrogen-bond acceptors (Lipinski definition) is 6. The molecule has 1 heterocycles. The van der Waals surface area contributed by atoms with Gasteiger partial charge in [0.15, 0.2) is 0 Å². The molecule has 1 saturated carbocycles. The predicted octanol–water partition coefficient (Wildman–Crippen LogP) is 3.18. The van der Waals surface area contributed by atoms with Crippen molar-refractivity contribution in [2.75, 3.05) is 7.11 Å². The Labute approximate surface area is 148 Å². The van der Waals surface area contributed by atoms with Crippen LogP contribution in [0.1, 0.15) is 52.0 Å². The Hall–Kier alpha value is -2.49. The number of methoxy groups -OCH3 is 1. The number of pyridine rings is 1. The molecule has 25 heavy (non-hydrogen) atoms. The van der Waals surface area contributed by atoms with Crippen molar-refractivity contribution in [3.8, 4) is 17.8 Å². The van der Waals surface area contributed by atoms with Crippen LogP contribution >= 0.6 is 0 Å². The Morgan fingerprint density at radius 3 is 2.52 bits per heavy atom. The van der Waals surface area contributed by atoms with Gasteiger partial charge in [-0.2, -0.15) is 10.2 Å². The first kappa shape index (κ1) is 18.8. The van der Waals surface area contributed by atoms with Crippen molar-refractivity contribution in [1.29, 1.82) is 5.26 Å². The summed E-state index contributed by atoms with van der Waals surface area (Å²) in [6, 6.07) is 5.43. The highest BCUT2D eigenvalue weighted by atomic mass is 16.6. The van der Waals surface area contributed by atoms with Gasteiger partial charge < -0.3 is 19.5 Å². The molecule has 1 aliphatic carbocycles. The van der Waals surface area contributed by atoms with E-state index < -0.39 is 5.60 Å². The van der Waals surface area contributed by atoms with Crippen molar-refractivity contribution in [2.24, 2.45) is 0 Å². The molecule has 7 heteroatoms. The monoisotopic (exact) mass is 347 g/mol. The topological polar surface area (TPSA) is 93.5 Å². The fourth-order valence-electron chi connectivity index (χ4n) is 2.70. The van der Waals surface area contributed by atoms with Crippen molar-refractivity contribution in [3.63, 3.8) is 0 Å². The first-order valence-corrected chi connectivity index (χ1v) is 8.42. The highest BCUT2D eigenvalue weighted by Crippen LogP contribution is 2.25. The largest absolute Gasteiger partial charge is 0.480 e. The van der Waals surface area contributed by atoms with Gasteiger partial charge in [0.1, 0.15) is 23.3 Å². The molecule has 2 rings (SSSR count). The summed E-state index contributed by atoms with van der Waals surface area (Å²) < 4.78 is 16.3. The van der Waals surface area contributed by atoms with E-state index in [0.717, 1.165) is 25.7 Å². The fraction of sp³-hybridized carbons (Fsp3) is 0.611. The zero-order chi connectivity index (χ0) is 18.4. The van der Waals surface area contributed by atoms with E-state index >= 15 is 0 Å². The summed E-state index contributed by atoms with van der Waals surface area (Å²) in [4.78, 5) is 16.0. The van der Waals surface area contributed by atoms with Crippen LogP contribution in [0.4, 0.5) is 4.79 Å². The minimum absolute atomic E-state index is 0.0295. The zero-order valence-corrected chi connectivity index (χ0v) is 15.2. The maximum absolute atomic E-state index is 11.8. The molecular weight excluding hydrogens is 322 g/mol. The molecule has 7 nitrogen and oxygen atoms in total. The molecule has 0 unspecified atom stereocenters.